The van der Waals surface area contributed by atoms with Crippen LogP contribution in [0.4, 0.5) is 4.39 Å². The molecule has 6 heteroatoms. The van der Waals surface area contributed by atoms with Gasteiger partial charge in [-0.25, -0.2) is 4.39 Å². The van der Waals surface area contributed by atoms with Crippen molar-refractivity contribution in [2.75, 3.05) is 19.7 Å². The Kier molecular flexibility index (Phi) is 5.58. The monoisotopic (exact) mass is 343 g/mol. The Hall–Kier alpha value is -2.50. The molecule has 0 aliphatic carbocycles. The lowest BCUT2D eigenvalue weighted by molar-refractivity contribution is -0.132. The number of piperidine rings is 1. The number of hydrogen-bond acceptors (Lipinski definition) is 4. The molecule has 0 radical (unpaired) electrons. The molecule has 1 aromatic heterocycles. The Morgan fingerprint density at radius 1 is 1.28 bits per heavy atom. The first kappa shape index (κ1) is 17.3. The molecule has 5 nitrogen and oxygen atoms in total. The zero-order chi connectivity index (χ0) is 17.6. The Morgan fingerprint density at radius 3 is 2.76 bits per heavy atom. The molecule has 25 heavy (non-hydrogen) atoms. The summed E-state index contributed by atoms with van der Waals surface area (Å²) >= 11 is 0. The maximum atomic E-state index is 13.5. The molecule has 1 saturated heterocycles. The van der Waals surface area contributed by atoms with Crippen LogP contribution in [0.15, 0.2) is 36.7 Å². The van der Waals surface area contributed by atoms with Crippen LogP contribution in [-0.2, 0) is 4.79 Å². The van der Waals surface area contributed by atoms with Gasteiger partial charge in [-0.15, -0.1) is 0 Å². The first-order valence-electron chi connectivity index (χ1n) is 8.57. The summed E-state index contributed by atoms with van der Waals surface area (Å²) in [5.74, 6) is 0.179. The fourth-order valence-corrected chi connectivity index (χ4v) is 3.07. The van der Waals surface area contributed by atoms with Crippen LogP contribution in [0.25, 0.3) is 0 Å². The van der Waals surface area contributed by atoms with E-state index in [-0.39, 0.29) is 24.7 Å². The normalized spacial score (nSPS) is 15.2. The largest absolute Gasteiger partial charge is 0.490 e. The average Bonchev–Trinajstić information content (AvgIpc) is 2.63. The number of aryl methyl sites for hydroxylation is 1. The number of hydrogen-bond donors (Lipinski definition) is 0. The van der Waals surface area contributed by atoms with Crippen LogP contribution in [0.3, 0.4) is 0 Å². The highest BCUT2D eigenvalue weighted by molar-refractivity contribution is 5.76. The van der Waals surface area contributed by atoms with Crippen molar-refractivity contribution in [2.45, 2.75) is 32.1 Å². The maximum absolute atomic E-state index is 13.5. The Labute approximate surface area is 146 Å². The minimum Gasteiger partial charge on any atom is -0.490 e. The predicted octanol–water partition coefficient (Wildman–Crippen LogP) is 3.10. The van der Waals surface area contributed by atoms with Gasteiger partial charge in [0.15, 0.2) is 11.6 Å². The zero-order valence-corrected chi connectivity index (χ0v) is 14.3. The van der Waals surface area contributed by atoms with Gasteiger partial charge in [-0.05, 0) is 31.9 Å². The minimum atomic E-state index is -0.407. The van der Waals surface area contributed by atoms with Crippen molar-refractivity contribution < 1.29 is 13.9 Å². The number of amides is 1. The van der Waals surface area contributed by atoms with E-state index in [1.165, 1.54) is 6.07 Å². The molecule has 132 valence electrons. The number of carbonyl (C=O) groups is 1. The second kappa shape index (κ2) is 8.05. The summed E-state index contributed by atoms with van der Waals surface area (Å²) in [5.41, 5.74) is 1.93. The molecule has 0 bridgehead atoms. The van der Waals surface area contributed by atoms with Crippen LogP contribution >= 0.6 is 0 Å². The standard InChI is InChI=1S/C19H22FN3O2/c1-14-12-21-13-17(22-14)15-6-9-23(10-7-15)19(24)8-11-25-18-5-3-2-4-16(18)20/h2-5,12-13,15H,6-11H2,1H3. The summed E-state index contributed by atoms with van der Waals surface area (Å²) in [4.78, 5) is 22.9. The SMILES string of the molecule is Cc1cncc(C2CCN(C(=O)CCOc3ccccc3F)CC2)n1. The molecule has 2 aromatic rings. The van der Waals surface area contributed by atoms with Gasteiger partial charge in [-0.3, -0.25) is 14.8 Å². The molecule has 1 amide bonds. The van der Waals surface area contributed by atoms with E-state index in [1.54, 1.807) is 24.4 Å². The van der Waals surface area contributed by atoms with E-state index in [0.29, 0.717) is 19.0 Å². The van der Waals surface area contributed by atoms with E-state index in [9.17, 15) is 9.18 Å². The molecule has 2 heterocycles. The molecular weight excluding hydrogens is 321 g/mol. The van der Waals surface area contributed by atoms with Crippen molar-refractivity contribution in [2.24, 2.45) is 0 Å². The molecule has 1 aliphatic rings. The Balaban J connectivity index is 1.45. The van der Waals surface area contributed by atoms with Crippen molar-refractivity contribution in [1.29, 1.82) is 0 Å². The molecule has 0 spiro atoms. The van der Waals surface area contributed by atoms with E-state index in [0.717, 1.165) is 24.2 Å². The Morgan fingerprint density at radius 2 is 2.04 bits per heavy atom. The second-order valence-corrected chi connectivity index (χ2v) is 6.27. The van der Waals surface area contributed by atoms with Crippen LogP contribution in [0.5, 0.6) is 5.75 Å². The van der Waals surface area contributed by atoms with Crippen molar-refractivity contribution in [3.8, 4) is 5.75 Å². The van der Waals surface area contributed by atoms with E-state index in [1.807, 2.05) is 18.0 Å². The number of halogens is 1. The van der Waals surface area contributed by atoms with E-state index in [2.05, 4.69) is 9.97 Å². The molecule has 1 fully saturated rings. The van der Waals surface area contributed by atoms with Crippen LogP contribution in [0, 0.1) is 12.7 Å². The Bertz CT molecular complexity index is 730. The number of likely N-dealkylation sites (tertiary alicyclic amines) is 1. The number of rotatable bonds is 5. The van der Waals surface area contributed by atoms with E-state index in [4.69, 9.17) is 4.74 Å². The molecule has 0 atom stereocenters. The second-order valence-electron chi connectivity index (χ2n) is 6.27. The predicted molar refractivity (Wildman–Crippen MR) is 91.8 cm³/mol. The van der Waals surface area contributed by atoms with Gasteiger partial charge in [0.05, 0.1) is 24.4 Å². The molecule has 0 unspecified atom stereocenters. The molecule has 1 aromatic carbocycles. The highest BCUT2D eigenvalue weighted by Gasteiger charge is 2.24. The van der Waals surface area contributed by atoms with Crippen molar-refractivity contribution in [1.82, 2.24) is 14.9 Å². The van der Waals surface area contributed by atoms with Gasteiger partial charge in [-0.2, -0.15) is 0 Å². The van der Waals surface area contributed by atoms with Crippen molar-refractivity contribution in [3.63, 3.8) is 0 Å². The van der Waals surface area contributed by atoms with E-state index >= 15 is 0 Å². The fourth-order valence-electron chi connectivity index (χ4n) is 3.07. The third kappa shape index (κ3) is 4.53. The lowest BCUT2D eigenvalue weighted by atomic mass is 9.93. The smallest absolute Gasteiger partial charge is 0.225 e. The molecule has 0 N–H and O–H groups in total. The number of nitrogens with zero attached hydrogens (tertiary/aromatic N) is 3. The van der Waals surface area contributed by atoms with Crippen molar-refractivity contribution in [3.05, 3.63) is 53.9 Å². The number of para-hydroxylation sites is 1. The topological polar surface area (TPSA) is 55.3 Å². The van der Waals surface area contributed by atoms with E-state index < -0.39 is 5.82 Å². The molecule has 1 aliphatic heterocycles. The zero-order valence-electron chi connectivity index (χ0n) is 14.3. The molecular formula is C19H22FN3O2. The summed E-state index contributed by atoms with van der Waals surface area (Å²) in [6.45, 7) is 3.53. The maximum Gasteiger partial charge on any atom is 0.225 e. The first-order valence-corrected chi connectivity index (χ1v) is 8.57. The highest BCUT2D eigenvalue weighted by atomic mass is 19.1. The summed E-state index contributed by atoms with van der Waals surface area (Å²) in [7, 11) is 0. The highest BCUT2D eigenvalue weighted by Crippen LogP contribution is 2.26. The van der Waals surface area contributed by atoms with Gasteiger partial charge in [-0.1, -0.05) is 12.1 Å². The number of ether oxygens (including phenoxy) is 1. The van der Waals surface area contributed by atoms with Crippen LogP contribution in [-0.4, -0.2) is 40.5 Å². The summed E-state index contributed by atoms with van der Waals surface area (Å²) in [5, 5.41) is 0. The third-order valence-electron chi connectivity index (χ3n) is 4.45. The summed E-state index contributed by atoms with van der Waals surface area (Å²) in [6, 6.07) is 6.22. The first-order chi connectivity index (χ1) is 12.1. The minimum absolute atomic E-state index is 0.0464. The summed E-state index contributed by atoms with van der Waals surface area (Å²) < 4.78 is 18.8. The third-order valence-corrected chi connectivity index (χ3v) is 4.45. The average molecular weight is 343 g/mol. The van der Waals surface area contributed by atoms with Gasteiger partial charge in [0, 0.05) is 31.4 Å². The molecule has 0 saturated carbocycles. The van der Waals surface area contributed by atoms with Crippen molar-refractivity contribution >= 4 is 5.91 Å². The fraction of sp³-hybridized carbons (Fsp3) is 0.421. The lowest BCUT2D eigenvalue weighted by Crippen LogP contribution is -2.38. The van der Waals surface area contributed by atoms with Crippen LogP contribution < -0.4 is 4.74 Å². The van der Waals surface area contributed by atoms with Crippen LogP contribution in [0.1, 0.15) is 36.6 Å². The summed E-state index contributed by atoms with van der Waals surface area (Å²) in [6.07, 6.45) is 5.59. The van der Waals surface area contributed by atoms with Crippen LogP contribution in [0.2, 0.25) is 0 Å². The number of carbonyl (C=O) groups excluding carboxylic acids is 1. The van der Waals surface area contributed by atoms with Gasteiger partial charge in [0.2, 0.25) is 5.91 Å². The lowest BCUT2D eigenvalue weighted by Gasteiger charge is -2.31. The number of aromatic nitrogens is 2. The van der Waals surface area contributed by atoms with Gasteiger partial charge < -0.3 is 9.64 Å². The van der Waals surface area contributed by atoms with Gasteiger partial charge >= 0.3 is 0 Å². The number of benzene rings is 1. The van der Waals surface area contributed by atoms with Gasteiger partial charge in [0.25, 0.3) is 0 Å². The quantitative estimate of drug-likeness (QED) is 0.837. The molecule has 3 rings (SSSR count). The van der Waals surface area contributed by atoms with Gasteiger partial charge in [0.1, 0.15) is 0 Å².